The second-order valence-electron chi connectivity index (χ2n) is 7.54. The van der Waals surface area contributed by atoms with Crippen molar-refractivity contribution in [1.82, 2.24) is 9.80 Å². The third-order valence-electron chi connectivity index (χ3n) is 5.88. The van der Waals surface area contributed by atoms with Crippen LogP contribution in [0, 0.1) is 0 Å². The quantitative estimate of drug-likeness (QED) is 0.788. The minimum absolute atomic E-state index is 0.0986. The van der Waals surface area contributed by atoms with Crippen molar-refractivity contribution >= 4 is 23.6 Å². The van der Waals surface area contributed by atoms with Gasteiger partial charge in [0.2, 0.25) is 5.91 Å². The van der Waals surface area contributed by atoms with Crippen LogP contribution >= 0.6 is 11.8 Å². The summed E-state index contributed by atoms with van der Waals surface area (Å²) in [4.78, 5) is 29.3. The molecule has 0 saturated carbocycles. The van der Waals surface area contributed by atoms with Gasteiger partial charge in [-0.25, -0.2) is 0 Å². The molecule has 0 bridgehead atoms. The van der Waals surface area contributed by atoms with Gasteiger partial charge in [-0.15, -0.1) is 11.8 Å². The molecule has 0 atom stereocenters. The minimum Gasteiger partial charge on any atom is -0.338 e. The highest BCUT2D eigenvalue weighted by atomic mass is 32.2. The third-order valence-corrected chi connectivity index (χ3v) is 7.44. The lowest BCUT2D eigenvalue weighted by Crippen LogP contribution is -2.52. The highest BCUT2D eigenvalue weighted by Crippen LogP contribution is 2.45. The highest BCUT2D eigenvalue weighted by molar-refractivity contribution is 8.01. The predicted octanol–water partition coefficient (Wildman–Crippen LogP) is 3.96. The van der Waals surface area contributed by atoms with E-state index < -0.39 is 0 Å². The van der Waals surface area contributed by atoms with E-state index in [1.54, 1.807) is 11.8 Å². The van der Waals surface area contributed by atoms with Crippen molar-refractivity contribution in [3.63, 3.8) is 0 Å². The Kier molecular flexibility index (Phi) is 5.44. The van der Waals surface area contributed by atoms with Gasteiger partial charge < -0.3 is 9.80 Å². The van der Waals surface area contributed by atoms with Gasteiger partial charge in [0, 0.05) is 25.2 Å². The second kappa shape index (κ2) is 8.00. The maximum atomic E-state index is 12.9. The molecule has 0 aromatic heterocycles. The van der Waals surface area contributed by atoms with Crippen LogP contribution in [-0.4, -0.2) is 45.3 Å². The van der Waals surface area contributed by atoms with Gasteiger partial charge in [0.1, 0.15) is 0 Å². The molecule has 0 N–H and O–H groups in total. The van der Waals surface area contributed by atoms with Crippen LogP contribution in [0.25, 0.3) is 0 Å². The second-order valence-corrected chi connectivity index (χ2v) is 8.88. The number of benzene rings is 2. The van der Waals surface area contributed by atoms with E-state index in [4.69, 9.17) is 0 Å². The van der Waals surface area contributed by atoms with E-state index in [1.165, 1.54) is 5.56 Å². The summed E-state index contributed by atoms with van der Waals surface area (Å²) < 4.78 is 0. The molecule has 5 heteroatoms. The summed E-state index contributed by atoms with van der Waals surface area (Å²) in [6.07, 6.45) is 2.63. The lowest BCUT2D eigenvalue weighted by Gasteiger charge is -2.44. The maximum absolute atomic E-state index is 12.9. The van der Waals surface area contributed by atoms with E-state index in [0.717, 1.165) is 30.4 Å². The first kappa shape index (κ1) is 19.1. The molecule has 0 radical (unpaired) electrons. The fourth-order valence-electron chi connectivity index (χ4n) is 4.12. The van der Waals surface area contributed by atoms with Gasteiger partial charge in [-0.1, -0.05) is 49.4 Å². The molecule has 2 fully saturated rings. The SMILES string of the molecule is CCc1ccc(C(=O)N2CCC3(CC2)SCC(=O)N3Cc2ccccc2)cc1. The molecular formula is C23H26N2O2S. The molecule has 4 nitrogen and oxygen atoms in total. The van der Waals surface area contributed by atoms with Crippen molar-refractivity contribution in [3.05, 3.63) is 71.3 Å². The van der Waals surface area contributed by atoms with Crippen LogP contribution in [0.4, 0.5) is 0 Å². The first-order valence-corrected chi connectivity index (χ1v) is 11.0. The molecule has 0 aliphatic carbocycles. The molecular weight excluding hydrogens is 368 g/mol. The van der Waals surface area contributed by atoms with Crippen molar-refractivity contribution in [2.75, 3.05) is 18.8 Å². The number of piperidine rings is 1. The van der Waals surface area contributed by atoms with Crippen LogP contribution in [-0.2, 0) is 17.8 Å². The monoisotopic (exact) mass is 394 g/mol. The van der Waals surface area contributed by atoms with Gasteiger partial charge in [0.05, 0.1) is 10.6 Å². The molecule has 1 spiro atoms. The van der Waals surface area contributed by atoms with Gasteiger partial charge in [0.15, 0.2) is 0 Å². The number of nitrogens with zero attached hydrogens (tertiary/aromatic N) is 2. The number of hydrogen-bond acceptors (Lipinski definition) is 3. The molecule has 2 heterocycles. The van der Waals surface area contributed by atoms with E-state index >= 15 is 0 Å². The van der Waals surface area contributed by atoms with E-state index in [0.29, 0.717) is 25.4 Å². The molecule has 2 amide bonds. The molecule has 2 aliphatic heterocycles. The van der Waals surface area contributed by atoms with Crippen molar-refractivity contribution in [3.8, 4) is 0 Å². The lowest BCUT2D eigenvalue weighted by atomic mass is 10.00. The van der Waals surface area contributed by atoms with Crippen molar-refractivity contribution < 1.29 is 9.59 Å². The zero-order chi connectivity index (χ0) is 19.6. The normalized spacial score (nSPS) is 18.7. The number of rotatable bonds is 4. The lowest BCUT2D eigenvalue weighted by molar-refractivity contribution is -0.131. The van der Waals surface area contributed by atoms with E-state index in [9.17, 15) is 9.59 Å². The molecule has 146 valence electrons. The summed E-state index contributed by atoms with van der Waals surface area (Å²) in [6.45, 7) is 4.15. The van der Waals surface area contributed by atoms with Crippen molar-refractivity contribution in [2.45, 2.75) is 37.6 Å². The van der Waals surface area contributed by atoms with Gasteiger partial charge in [-0.2, -0.15) is 0 Å². The molecule has 2 saturated heterocycles. The van der Waals surface area contributed by atoms with Crippen molar-refractivity contribution in [2.24, 2.45) is 0 Å². The van der Waals surface area contributed by atoms with E-state index in [1.807, 2.05) is 52.3 Å². The molecule has 28 heavy (non-hydrogen) atoms. The maximum Gasteiger partial charge on any atom is 0.253 e. The Bertz CT molecular complexity index is 843. The Balaban J connectivity index is 1.44. The molecule has 2 aromatic carbocycles. The van der Waals surface area contributed by atoms with Crippen LogP contribution in [0.3, 0.4) is 0 Å². The summed E-state index contributed by atoms with van der Waals surface area (Å²) in [5.41, 5.74) is 3.16. The third kappa shape index (κ3) is 3.68. The number of carbonyl (C=O) groups excluding carboxylic acids is 2. The van der Waals surface area contributed by atoms with Gasteiger partial charge in [-0.05, 0) is 42.5 Å². The molecule has 2 aliphatic rings. The van der Waals surface area contributed by atoms with Crippen LogP contribution in [0.15, 0.2) is 54.6 Å². The van der Waals surface area contributed by atoms with Gasteiger partial charge in [0.25, 0.3) is 5.91 Å². The van der Waals surface area contributed by atoms with Crippen LogP contribution in [0.1, 0.15) is 41.3 Å². The first-order chi connectivity index (χ1) is 13.6. The van der Waals surface area contributed by atoms with Gasteiger partial charge in [-0.3, -0.25) is 9.59 Å². The van der Waals surface area contributed by atoms with Crippen LogP contribution < -0.4 is 0 Å². The number of aryl methyl sites for hydroxylation is 1. The Morgan fingerprint density at radius 3 is 2.32 bits per heavy atom. The Morgan fingerprint density at radius 1 is 1.00 bits per heavy atom. The van der Waals surface area contributed by atoms with E-state index in [2.05, 4.69) is 19.1 Å². The Morgan fingerprint density at radius 2 is 1.68 bits per heavy atom. The number of hydrogen-bond donors (Lipinski definition) is 0. The first-order valence-electron chi connectivity index (χ1n) is 9.98. The predicted molar refractivity (Wildman–Crippen MR) is 113 cm³/mol. The summed E-state index contributed by atoms with van der Waals surface area (Å²) in [5, 5.41) is 0. The molecule has 4 rings (SSSR count). The average molecular weight is 395 g/mol. The van der Waals surface area contributed by atoms with Crippen LogP contribution in [0.5, 0.6) is 0 Å². The summed E-state index contributed by atoms with van der Waals surface area (Å²) in [5.74, 6) is 0.851. The average Bonchev–Trinajstić information content (AvgIpc) is 3.04. The zero-order valence-electron chi connectivity index (χ0n) is 16.3. The zero-order valence-corrected chi connectivity index (χ0v) is 17.1. The topological polar surface area (TPSA) is 40.6 Å². The fraction of sp³-hybridized carbons (Fsp3) is 0.391. The Hall–Kier alpha value is -2.27. The van der Waals surface area contributed by atoms with Gasteiger partial charge >= 0.3 is 0 Å². The largest absolute Gasteiger partial charge is 0.338 e. The van der Waals surface area contributed by atoms with Crippen molar-refractivity contribution in [1.29, 1.82) is 0 Å². The molecule has 0 unspecified atom stereocenters. The fourth-order valence-corrected chi connectivity index (χ4v) is 5.46. The number of amides is 2. The standard InChI is InChI=1S/C23H26N2O2S/c1-2-18-8-10-20(11-9-18)22(27)24-14-12-23(13-15-24)25(21(26)17-28-23)16-19-6-4-3-5-7-19/h3-11H,2,12-17H2,1H3. The highest BCUT2D eigenvalue weighted by Gasteiger charge is 2.48. The summed E-state index contributed by atoms with van der Waals surface area (Å²) in [6, 6.07) is 18.1. The number of thioether (sulfide) groups is 1. The molecule has 2 aromatic rings. The number of carbonyl (C=O) groups is 2. The summed E-state index contributed by atoms with van der Waals surface area (Å²) >= 11 is 1.75. The minimum atomic E-state index is -0.171. The smallest absolute Gasteiger partial charge is 0.253 e. The summed E-state index contributed by atoms with van der Waals surface area (Å²) in [7, 11) is 0. The van der Waals surface area contributed by atoms with Crippen LogP contribution in [0.2, 0.25) is 0 Å². The number of likely N-dealkylation sites (tertiary alicyclic amines) is 1. The van der Waals surface area contributed by atoms with E-state index in [-0.39, 0.29) is 16.7 Å². The Labute approximate surface area is 170 Å².